The predicted molar refractivity (Wildman–Crippen MR) is 152 cm³/mol. The highest BCUT2D eigenvalue weighted by molar-refractivity contribution is 6.32. The Balaban J connectivity index is 1.31. The smallest absolute Gasteiger partial charge is 0.317 e. The van der Waals surface area contributed by atoms with Gasteiger partial charge in [-0.1, -0.05) is 35.3 Å². The normalized spacial score (nSPS) is 19.7. The molecule has 0 saturated carbocycles. The number of rotatable bonds is 11. The number of carbonyl (C=O) groups is 3. The lowest BCUT2D eigenvalue weighted by Crippen LogP contribution is -2.49. The van der Waals surface area contributed by atoms with Crippen molar-refractivity contribution in [3.8, 4) is 5.75 Å². The molecule has 3 N–H and O–H groups in total. The van der Waals surface area contributed by atoms with E-state index in [-0.39, 0.29) is 28.9 Å². The Morgan fingerprint density at radius 2 is 1.80 bits per heavy atom. The van der Waals surface area contributed by atoms with Gasteiger partial charge in [-0.15, -0.1) is 0 Å². The van der Waals surface area contributed by atoms with Gasteiger partial charge < -0.3 is 24.6 Å². The molecule has 3 heterocycles. The average molecular weight is 609 g/mol. The summed E-state index contributed by atoms with van der Waals surface area (Å²) in [5.74, 6) is -0.191. The van der Waals surface area contributed by atoms with Crippen LogP contribution in [0.2, 0.25) is 10.3 Å². The van der Waals surface area contributed by atoms with E-state index in [9.17, 15) is 19.6 Å². The van der Waals surface area contributed by atoms with Crippen molar-refractivity contribution in [2.75, 3.05) is 39.4 Å². The van der Waals surface area contributed by atoms with Crippen molar-refractivity contribution >= 4 is 41.0 Å². The number of pyridine rings is 1. The zero-order valence-corrected chi connectivity index (χ0v) is 24.4. The average Bonchev–Trinajstić information content (AvgIpc) is 3.28. The van der Waals surface area contributed by atoms with Crippen LogP contribution in [0.15, 0.2) is 36.4 Å². The number of likely N-dealkylation sites (tertiary alicyclic amines) is 1. The van der Waals surface area contributed by atoms with Gasteiger partial charge in [0.05, 0.1) is 18.6 Å². The quantitative estimate of drug-likeness (QED) is 0.154. The molecule has 2 fully saturated rings. The number of amides is 4. The van der Waals surface area contributed by atoms with E-state index in [2.05, 4.69) is 10.3 Å². The monoisotopic (exact) mass is 607 g/mol. The minimum Gasteiger partial charge on any atom is -0.489 e. The van der Waals surface area contributed by atoms with Crippen LogP contribution in [-0.2, 0) is 26.3 Å². The summed E-state index contributed by atoms with van der Waals surface area (Å²) in [6.45, 7) is 5.13. The Labute approximate surface area is 249 Å². The second-order valence-corrected chi connectivity index (χ2v) is 11.1. The van der Waals surface area contributed by atoms with Gasteiger partial charge in [-0.25, -0.2) is 15.3 Å². The molecular weight excluding hydrogens is 573 g/mol. The summed E-state index contributed by atoms with van der Waals surface area (Å²) < 4.78 is 11.1. The largest absolute Gasteiger partial charge is 0.489 e. The van der Waals surface area contributed by atoms with E-state index in [1.165, 1.54) is 0 Å². The van der Waals surface area contributed by atoms with Gasteiger partial charge in [0.2, 0.25) is 5.91 Å². The van der Waals surface area contributed by atoms with Gasteiger partial charge in [-0.2, -0.15) is 0 Å². The first-order valence-corrected chi connectivity index (χ1v) is 14.4. The van der Waals surface area contributed by atoms with Crippen molar-refractivity contribution in [3.63, 3.8) is 0 Å². The first-order valence-electron chi connectivity index (χ1n) is 13.6. The van der Waals surface area contributed by atoms with E-state index < -0.39 is 17.4 Å². The third-order valence-corrected chi connectivity index (χ3v) is 7.96. The molecule has 41 heavy (non-hydrogen) atoms. The van der Waals surface area contributed by atoms with Gasteiger partial charge in [0.15, 0.2) is 0 Å². The first-order chi connectivity index (χ1) is 19.7. The maximum atomic E-state index is 13.6. The van der Waals surface area contributed by atoms with Crippen LogP contribution in [0.5, 0.6) is 5.75 Å². The number of nitrogens with zero attached hydrogens (tertiary/aromatic N) is 3. The fourth-order valence-corrected chi connectivity index (χ4v) is 5.66. The summed E-state index contributed by atoms with van der Waals surface area (Å²) in [7, 11) is 0. The molecule has 0 bridgehead atoms. The number of hydrogen-bond donors (Lipinski definition) is 3. The van der Waals surface area contributed by atoms with Crippen LogP contribution in [0, 0.1) is 0 Å². The molecule has 1 aromatic heterocycles. The molecule has 1 aromatic carbocycles. The molecule has 13 heteroatoms. The van der Waals surface area contributed by atoms with Gasteiger partial charge >= 0.3 is 6.03 Å². The van der Waals surface area contributed by atoms with Crippen molar-refractivity contribution in [2.24, 2.45) is 0 Å². The van der Waals surface area contributed by atoms with Crippen LogP contribution < -0.4 is 15.5 Å². The Morgan fingerprint density at radius 1 is 1.12 bits per heavy atom. The number of nitrogens with one attached hydrogen (secondary N) is 2. The summed E-state index contributed by atoms with van der Waals surface area (Å²) in [6, 6.07) is 9.69. The number of ether oxygens (including phenoxy) is 2. The van der Waals surface area contributed by atoms with Crippen molar-refractivity contribution in [1.82, 2.24) is 25.6 Å². The van der Waals surface area contributed by atoms with E-state index in [4.69, 9.17) is 32.7 Å². The highest BCUT2D eigenvalue weighted by Gasteiger charge is 2.47. The number of aromatic nitrogens is 1. The minimum atomic E-state index is -0.829. The second kappa shape index (κ2) is 14.2. The van der Waals surface area contributed by atoms with Crippen LogP contribution in [-0.4, -0.2) is 83.3 Å². The zero-order chi connectivity index (χ0) is 29.4. The first kappa shape index (κ1) is 30.8. The third-order valence-electron chi connectivity index (χ3n) is 7.57. The molecule has 222 valence electrons. The fraction of sp³-hybridized carbons (Fsp3) is 0.500. The Morgan fingerprint density at radius 3 is 2.46 bits per heavy atom. The molecule has 2 aliphatic rings. The molecule has 2 aromatic rings. The standard InChI is InChI=1S/C28H35Cl2N5O6/c1-28(20-5-7-21(8-6-20)41-18-19-16-23(29)32-24(30)17-19)9-11-35(26(28)37)22(25(36)33-39)4-2-3-10-31-27(38)34-12-14-40-15-13-34/h5-8,16-17,22,39H,2-4,9-15,18H2,1H3,(H,31,38)(H,33,36). The highest BCUT2D eigenvalue weighted by Crippen LogP contribution is 2.38. The van der Waals surface area contributed by atoms with E-state index in [1.54, 1.807) is 39.5 Å². The molecule has 2 atom stereocenters. The molecule has 11 nitrogen and oxygen atoms in total. The molecule has 4 rings (SSSR count). The van der Waals surface area contributed by atoms with Crippen molar-refractivity contribution in [1.29, 1.82) is 0 Å². The van der Waals surface area contributed by atoms with Crippen LogP contribution in [0.4, 0.5) is 4.79 Å². The summed E-state index contributed by atoms with van der Waals surface area (Å²) in [5.41, 5.74) is 2.47. The number of hydroxylamine groups is 1. The molecule has 4 amide bonds. The Bertz CT molecular complexity index is 1210. The number of unbranched alkanes of at least 4 members (excludes halogenated alkanes) is 1. The molecule has 0 aliphatic carbocycles. The summed E-state index contributed by atoms with van der Waals surface area (Å²) in [4.78, 5) is 45.6. The summed E-state index contributed by atoms with van der Waals surface area (Å²) in [5, 5.41) is 12.8. The van der Waals surface area contributed by atoms with Gasteiger partial charge in [0, 0.05) is 26.2 Å². The van der Waals surface area contributed by atoms with Gasteiger partial charge in [0.25, 0.3) is 5.91 Å². The lowest BCUT2D eigenvalue weighted by molar-refractivity contribution is -0.144. The van der Waals surface area contributed by atoms with Gasteiger partial charge in [0.1, 0.15) is 28.7 Å². The second-order valence-electron chi connectivity index (χ2n) is 10.3. The number of hydrogen-bond acceptors (Lipinski definition) is 7. The molecule has 0 radical (unpaired) electrons. The van der Waals surface area contributed by atoms with E-state index in [1.807, 2.05) is 19.1 Å². The number of benzene rings is 1. The lowest BCUT2D eigenvalue weighted by atomic mass is 9.81. The van der Waals surface area contributed by atoms with Crippen molar-refractivity contribution in [2.45, 2.75) is 50.7 Å². The number of halogens is 2. The Hall–Kier alpha value is -3.12. The van der Waals surface area contributed by atoms with Crippen LogP contribution in [0.25, 0.3) is 0 Å². The summed E-state index contributed by atoms with van der Waals surface area (Å²) >= 11 is 11.9. The maximum absolute atomic E-state index is 13.6. The van der Waals surface area contributed by atoms with Gasteiger partial charge in [-0.3, -0.25) is 14.8 Å². The SMILES string of the molecule is CC1(c2ccc(OCc3cc(Cl)nc(Cl)c3)cc2)CCN(C(CCCCNC(=O)N2CCOCC2)C(=O)NO)C1=O. The zero-order valence-electron chi connectivity index (χ0n) is 22.9. The van der Waals surface area contributed by atoms with E-state index >= 15 is 0 Å². The molecule has 2 aliphatic heterocycles. The molecule has 0 spiro atoms. The maximum Gasteiger partial charge on any atom is 0.317 e. The van der Waals surface area contributed by atoms with Crippen LogP contribution in [0.3, 0.4) is 0 Å². The number of carbonyl (C=O) groups excluding carboxylic acids is 3. The van der Waals surface area contributed by atoms with Crippen LogP contribution in [0.1, 0.15) is 43.7 Å². The predicted octanol–water partition coefficient (Wildman–Crippen LogP) is 3.54. The Kier molecular flexibility index (Phi) is 10.7. The van der Waals surface area contributed by atoms with Crippen molar-refractivity contribution in [3.05, 3.63) is 57.8 Å². The minimum absolute atomic E-state index is 0.133. The fourth-order valence-electron chi connectivity index (χ4n) is 5.16. The highest BCUT2D eigenvalue weighted by atomic mass is 35.5. The van der Waals surface area contributed by atoms with E-state index in [0.29, 0.717) is 70.8 Å². The third kappa shape index (κ3) is 7.79. The van der Waals surface area contributed by atoms with Crippen LogP contribution >= 0.6 is 23.2 Å². The lowest BCUT2D eigenvalue weighted by Gasteiger charge is -2.29. The van der Waals surface area contributed by atoms with Crippen molar-refractivity contribution < 1.29 is 29.1 Å². The topological polar surface area (TPSA) is 133 Å². The molecular formula is C28H35Cl2N5O6. The molecule has 2 unspecified atom stereocenters. The number of urea groups is 1. The van der Waals surface area contributed by atoms with E-state index in [0.717, 1.165) is 11.1 Å². The summed E-state index contributed by atoms with van der Waals surface area (Å²) in [6.07, 6.45) is 2.09. The number of morpholine rings is 1. The van der Waals surface area contributed by atoms with Gasteiger partial charge in [-0.05, 0) is 68.0 Å². The molecule has 2 saturated heterocycles.